The van der Waals surface area contributed by atoms with Crippen molar-refractivity contribution in [2.45, 2.75) is 95.0 Å². The summed E-state index contributed by atoms with van der Waals surface area (Å²) in [4.78, 5) is 14.4. The Bertz CT molecular complexity index is 414. The van der Waals surface area contributed by atoms with Crippen molar-refractivity contribution in [1.29, 1.82) is 0 Å². The number of amides is 1. The molecule has 22 heavy (non-hydrogen) atoms. The van der Waals surface area contributed by atoms with Crippen LogP contribution in [0.4, 0.5) is 4.79 Å². The van der Waals surface area contributed by atoms with E-state index < -0.39 is 11.2 Å². The number of ether oxygens (including phenoxy) is 1. The Morgan fingerprint density at radius 2 is 1.86 bits per heavy atom. The smallest absolute Gasteiger partial charge is 0.410 e. The van der Waals surface area contributed by atoms with Crippen LogP contribution in [0.2, 0.25) is 0 Å². The second-order valence-electron chi connectivity index (χ2n) is 8.40. The van der Waals surface area contributed by atoms with Crippen LogP contribution in [-0.2, 0) is 4.74 Å². The molecule has 3 aliphatic rings. The van der Waals surface area contributed by atoms with E-state index in [0.717, 1.165) is 44.9 Å². The SMILES string of the molecule is CC(C)(C)OC(=O)N1C2CCC1CC(NCC1(O)CCC1)C2. The van der Waals surface area contributed by atoms with Crippen LogP contribution in [0.1, 0.15) is 65.7 Å². The summed E-state index contributed by atoms with van der Waals surface area (Å²) in [5.74, 6) is 0. The molecule has 3 rings (SSSR count). The normalized spacial score (nSPS) is 33.5. The summed E-state index contributed by atoms with van der Waals surface area (Å²) in [7, 11) is 0. The van der Waals surface area contributed by atoms with E-state index in [4.69, 9.17) is 4.74 Å². The van der Waals surface area contributed by atoms with Crippen molar-refractivity contribution in [3.05, 3.63) is 0 Å². The first-order valence-electron chi connectivity index (χ1n) is 8.73. The van der Waals surface area contributed by atoms with Crippen molar-refractivity contribution in [3.8, 4) is 0 Å². The molecule has 3 fully saturated rings. The second kappa shape index (κ2) is 5.68. The third-order valence-electron chi connectivity index (χ3n) is 5.34. The summed E-state index contributed by atoms with van der Waals surface area (Å²) in [6.45, 7) is 6.45. The largest absolute Gasteiger partial charge is 0.444 e. The monoisotopic (exact) mass is 310 g/mol. The number of carbonyl (C=O) groups is 1. The number of rotatable bonds is 3. The maximum Gasteiger partial charge on any atom is 0.410 e. The predicted molar refractivity (Wildman–Crippen MR) is 84.7 cm³/mol. The highest BCUT2D eigenvalue weighted by Crippen LogP contribution is 2.37. The molecule has 2 saturated heterocycles. The number of aliphatic hydroxyl groups is 1. The maximum absolute atomic E-state index is 12.4. The van der Waals surface area contributed by atoms with Gasteiger partial charge in [-0.2, -0.15) is 0 Å². The molecule has 2 N–H and O–H groups in total. The van der Waals surface area contributed by atoms with Crippen LogP contribution in [0, 0.1) is 0 Å². The maximum atomic E-state index is 12.4. The van der Waals surface area contributed by atoms with E-state index in [1.54, 1.807) is 0 Å². The predicted octanol–water partition coefficient (Wildman–Crippen LogP) is 2.42. The molecule has 1 amide bonds. The lowest BCUT2D eigenvalue weighted by atomic mass is 9.80. The standard InChI is InChI=1S/C17H30N2O3/c1-16(2,3)22-15(20)19-13-5-6-14(19)10-12(9-13)18-11-17(21)7-4-8-17/h12-14,18,21H,4-11H2,1-3H3. The second-order valence-corrected chi connectivity index (χ2v) is 8.40. The Kier molecular flexibility index (Phi) is 4.14. The topological polar surface area (TPSA) is 61.8 Å². The molecule has 2 atom stereocenters. The summed E-state index contributed by atoms with van der Waals surface area (Å²) in [5, 5.41) is 13.8. The van der Waals surface area contributed by atoms with E-state index in [0.29, 0.717) is 24.7 Å². The fourth-order valence-corrected chi connectivity index (χ4v) is 4.05. The molecule has 0 spiro atoms. The molecular formula is C17H30N2O3. The first kappa shape index (κ1) is 16.1. The molecule has 5 heteroatoms. The number of fused-ring (bicyclic) bond motifs is 2. The van der Waals surface area contributed by atoms with Gasteiger partial charge < -0.3 is 20.1 Å². The van der Waals surface area contributed by atoms with Gasteiger partial charge in [0.15, 0.2) is 0 Å². The van der Waals surface area contributed by atoms with Gasteiger partial charge in [-0.15, -0.1) is 0 Å². The van der Waals surface area contributed by atoms with Crippen LogP contribution in [0.25, 0.3) is 0 Å². The van der Waals surface area contributed by atoms with Gasteiger partial charge in [0.05, 0.1) is 5.60 Å². The summed E-state index contributed by atoms with van der Waals surface area (Å²) in [6.07, 6.45) is 6.93. The van der Waals surface area contributed by atoms with Gasteiger partial charge in [-0.05, 0) is 65.7 Å². The molecule has 2 aliphatic heterocycles. The van der Waals surface area contributed by atoms with Gasteiger partial charge in [-0.3, -0.25) is 0 Å². The van der Waals surface area contributed by atoms with Crippen LogP contribution < -0.4 is 5.32 Å². The average molecular weight is 310 g/mol. The fraction of sp³-hybridized carbons (Fsp3) is 0.941. The zero-order valence-electron chi connectivity index (χ0n) is 14.1. The minimum absolute atomic E-state index is 0.156. The van der Waals surface area contributed by atoms with Crippen molar-refractivity contribution in [2.24, 2.45) is 0 Å². The molecule has 2 heterocycles. The quantitative estimate of drug-likeness (QED) is 0.840. The lowest BCUT2D eigenvalue weighted by molar-refractivity contribution is -0.0369. The van der Waals surface area contributed by atoms with E-state index in [1.807, 2.05) is 25.7 Å². The molecular weight excluding hydrogens is 280 g/mol. The number of hydrogen-bond donors (Lipinski definition) is 2. The lowest BCUT2D eigenvalue weighted by Crippen LogP contribution is -2.55. The number of nitrogens with zero attached hydrogens (tertiary/aromatic N) is 1. The molecule has 1 saturated carbocycles. The van der Waals surface area contributed by atoms with Crippen LogP contribution in [0.5, 0.6) is 0 Å². The van der Waals surface area contributed by atoms with Gasteiger partial charge in [0.2, 0.25) is 0 Å². The van der Waals surface area contributed by atoms with E-state index in [1.165, 1.54) is 0 Å². The Labute approximate surface area is 133 Å². The summed E-state index contributed by atoms with van der Waals surface area (Å²) in [5.41, 5.74) is -0.902. The molecule has 0 aromatic heterocycles. The van der Waals surface area contributed by atoms with E-state index in [9.17, 15) is 9.90 Å². The van der Waals surface area contributed by atoms with Crippen LogP contribution >= 0.6 is 0 Å². The molecule has 126 valence electrons. The number of hydrogen-bond acceptors (Lipinski definition) is 4. The molecule has 5 nitrogen and oxygen atoms in total. The fourth-order valence-electron chi connectivity index (χ4n) is 4.05. The first-order chi connectivity index (χ1) is 10.3. The lowest BCUT2D eigenvalue weighted by Gasteiger charge is -2.42. The highest BCUT2D eigenvalue weighted by molar-refractivity contribution is 5.69. The van der Waals surface area contributed by atoms with Gasteiger partial charge in [0.1, 0.15) is 5.60 Å². The summed E-state index contributed by atoms with van der Waals surface area (Å²) >= 11 is 0. The van der Waals surface area contributed by atoms with Crippen LogP contribution in [0.15, 0.2) is 0 Å². The molecule has 2 bridgehead atoms. The van der Waals surface area contributed by atoms with Crippen molar-refractivity contribution >= 4 is 6.09 Å². The van der Waals surface area contributed by atoms with E-state index >= 15 is 0 Å². The van der Waals surface area contributed by atoms with E-state index in [-0.39, 0.29) is 6.09 Å². The van der Waals surface area contributed by atoms with Crippen molar-refractivity contribution in [1.82, 2.24) is 10.2 Å². The van der Waals surface area contributed by atoms with Crippen molar-refractivity contribution in [3.63, 3.8) is 0 Å². The van der Waals surface area contributed by atoms with Gasteiger partial charge in [-0.25, -0.2) is 4.79 Å². The third kappa shape index (κ3) is 3.40. The number of carbonyl (C=O) groups excluding carboxylic acids is 1. The zero-order chi connectivity index (χ0) is 16.0. The minimum Gasteiger partial charge on any atom is -0.444 e. The van der Waals surface area contributed by atoms with E-state index in [2.05, 4.69) is 5.32 Å². The van der Waals surface area contributed by atoms with Gasteiger partial charge in [0.25, 0.3) is 0 Å². The highest BCUT2D eigenvalue weighted by atomic mass is 16.6. The van der Waals surface area contributed by atoms with Crippen LogP contribution in [-0.4, -0.2) is 52.0 Å². The summed E-state index contributed by atoms with van der Waals surface area (Å²) in [6, 6.07) is 1.00. The molecule has 0 aromatic rings. The Morgan fingerprint density at radius 3 is 2.32 bits per heavy atom. The minimum atomic E-state index is -0.471. The highest BCUT2D eigenvalue weighted by Gasteiger charge is 2.45. The Hall–Kier alpha value is -0.810. The molecule has 0 radical (unpaired) electrons. The van der Waals surface area contributed by atoms with Gasteiger partial charge in [-0.1, -0.05) is 0 Å². The Morgan fingerprint density at radius 1 is 1.27 bits per heavy atom. The average Bonchev–Trinajstić information content (AvgIpc) is 2.64. The molecule has 0 aromatic carbocycles. The van der Waals surface area contributed by atoms with Crippen LogP contribution in [0.3, 0.4) is 0 Å². The Balaban J connectivity index is 1.53. The van der Waals surface area contributed by atoms with Crippen molar-refractivity contribution < 1.29 is 14.6 Å². The van der Waals surface area contributed by atoms with Gasteiger partial charge in [0, 0.05) is 24.7 Å². The number of nitrogens with one attached hydrogen (secondary N) is 1. The zero-order valence-corrected chi connectivity index (χ0v) is 14.1. The van der Waals surface area contributed by atoms with Crippen molar-refractivity contribution in [2.75, 3.05) is 6.54 Å². The summed E-state index contributed by atoms with van der Waals surface area (Å²) < 4.78 is 5.56. The third-order valence-corrected chi connectivity index (χ3v) is 5.34. The first-order valence-corrected chi connectivity index (χ1v) is 8.73. The number of piperidine rings is 1. The van der Waals surface area contributed by atoms with Gasteiger partial charge >= 0.3 is 6.09 Å². The molecule has 2 unspecified atom stereocenters. The molecule has 1 aliphatic carbocycles.